The number of hydrogen-bond acceptors (Lipinski definition) is 3. The molecule has 2 aromatic rings. The Kier molecular flexibility index (Phi) is 2.72. The summed E-state index contributed by atoms with van der Waals surface area (Å²) in [5, 5.41) is 10.4. The Bertz CT molecular complexity index is 639. The molecule has 96 valence electrons. The van der Waals surface area contributed by atoms with Gasteiger partial charge < -0.3 is 9.84 Å². The Hall–Kier alpha value is -2.33. The largest absolute Gasteiger partial charge is 0.452 e. The maximum atomic E-state index is 11.9. The minimum Gasteiger partial charge on any atom is -0.452 e. The lowest BCUT2D eigenvalue weighted by Gasteiger charge is -2.34. The molecule has 2 aromatic carbocycles. The Morgan fingerprint density at radius 3 is 2.47 bits per heavy atom. The van der Waals surface area contributed by atoms with Crippen LogP contribution in [0.5, 0.6) is 0 Å². The molecule has 4 nitrogen and oxygen atoms in total. The quantitative estimate of drug-likeness (QED) is 0.787. The number of aliphatic hydroxyl groups is 1. The number of nitrogens with zero attached hydrogens (tertiary/aromatic N) is 1. The van der Waals surface area contributed by atoms with Crippen LogP contribution in [0.2, 0.25) is 0 Å². The summed E-state index contributed by atoms with van der Waals surface area (Å²) < 4.78 is 4.76. The predicted molar refractivity (Wildman–Crippen MR) is 71.7 cm³/mol. The number of carbonyl (C=O) groups is 1. The molecule has 0 bridgehead atoms. The van der Waals surface area contributed by atoms with Crippen molar-refractivity contribution < 1.29 is 14.6 Å². The first-order valence-corrected chi connectivity index (χ1v) is 5.97. The number of rotatable bonds is 0. The number of amides is 1. The first-order valence-electron chi connectivity index (χ1n) is 5.97. The zero-order valence-electron chi connectivity index (χ0n) is 10.4. The smallest absolute Gasteiger partial charge is 0.416 e. The second-order valence-corrected chi connectivity index (χ2v) is 4.32. The van der Waals surface area contributed by atoms with E-state index in [-0.39, 0.29) is 0 Å². The van der Waals surface area contributed by atoms with E-state index in [1.807, 2.05) is 42.5 Å². The van der Waals surface area contributed by atoms with Crippen LogP contribution in [-0.2, 0) is 4.74 Å². The van der Waals surface area contributed by atoms with Crippen molar-refractivity contribution in [1.82, 2.24) is 0 Å². The van der Waals surface area contributed by atoms with Gasteiger partial charge >= 0.3 is 6.09 Å². The van der Waals surface area contributed by atoms with Crippen molar-refractivity contribution in [1.29, 1.82) is 0 Å². The fraction of sp³-hybridized carbons (Fsp3) is 0.133. The van der Waals surface area contributed by atoms with Crippen LogP contribution in [0.15, 0.2) is 48.5 Å². The maximum Gasteiger partial charge on any atom is 0.416 e. The Balaban J connectivity index is 2.26. The lowest BCUT2D eigenvalue weighted by Crippen LogP contribution is -2.37. The van der Waals surface area contributed by atoms with E-state index >= 15 is 0 Å². The monoisotopic (exact) mass is 255 g/mol. The molecule has 1 amide bonds. The molecule has 0 fully saturated rings. The van der Waals surface area contributed by atoms with Crippen LogP contribution in [0.25, 0.3) is 11.1 Å². The van der Waals surface area contributed by atoms with Gasteiger partial charge in [0, 0.05) is 11.1 Å². The number of ether oxygens (including phenoxy) is 1. The molecule has 0 radical (unpaired) electrons. The first kappa shape index (κ1) is 11.7. The van der Waals surface area contributed by atoms with Crippen molar-refractivity contribution in [3.63, 3.8) is 0 Å². The highest BCUT2D eigenvalue weighted by Crippen LogP contribution is 2.43. The molecule has 0 saturated heterocycles. The number of anilines is 1. The molecule has 1 N–H and O–H groups in total. The van der Waals surface area contributed by atoms with E-state index in [1.54, 1.807) is 6.07 Å². The topological polar surface area (TPSA) is 49.8 Å². The Morgan fingerprint density at radius 2 is 1.74 bits per heavy atom. The predicted octanol–water partition coefficient (Wildman–Crippen LogP) is 2.93. The zero-order valence-corrected chi connectivity index (χ0v) is 10.4. The second kappa shape index (κ2) is 4.40. The average Bonchev–Trinajstić information content (AvgIpc) is 2.47. The van der Waals surface area contributed by atoms with Gasteiger partial charge in [-0.3, -0.25) is 0 Å². The van der Waals surface area contributed by atoms with E-state index in [1.165, 1.54) is 12.0 Å². The Labute approximate surface area is 110 Å². The number of carbonyl (C=O) groups excluding carboxylic acids is 1. The maximum absolute atomic E-state index is 11.9. The highest BCUT2D eigenvalue weighted by Gasteiger charge is 2.33. The third-order valence-corrected chi connectivity index (χ3v) is 3.31. The van der Waals surface area contributed by atoms with E-state index in [0.717, 1.165) is 11.1 Å². The van der Waals surface area contributed by atoms with Gasteiger partial charge in [-0.1, -0.05) is 42.5 Å². The van der Waals surface area contributed by atoms with E-state index < -0.39 is 12.3 Å². The van der Waals surface area contributed by atoms with E-state index in [9.17, 15) is 9.90 Å². The molecule has 1 heterocycles. The average molecular weight is 255 g/mol. The number of para-hydroxylation sites is 1. The lowest BCUT2D eigenvalue weighted by atomic mass is 9.92. The number of fused-ring (bicyclic) bond motifs is 3. The normalized spacial score (nSPS) is 16.5. The molecular weight excluding hydrogens is 242 g/mol. The van der Waals surface area contributed by atoms with Crippen molar-refractivity contribution in [3.05, 3.63) is 54.1 Å². The van der Waals surface area contributed by atoms with Gasteiger partial charge in [0.25, 0.3) is 0 Å². The summed E-state index contributed by atoms with van der Waals surface area (Å²) >= 11 is 0. The molecular formula is C15H13NO3. The number of hydrogen-bond donors (Lipinski definition) is 1. The molecule has 1 unspecified atom stereocenters. The number of aliphatic hydroxyl groups excluding tert-OH is 1. The lowest BCUT2D eigenvalue weighted by molar-refractivity contribution is 0.135. The van der Waals surface area contributed by atoms with Gasteiger partial charge in [0.1, 0.15) is 0 Å². The summed E-state index contributed by atoms with van der Waals surface area (Å²) in [6.07, 6.45) is -1.60. The van der Waals surface area contributed by atoms with Crippen LogP contribution in [0.1, 0.15) is 11.8 Å². The molecule has 0 saturated carbocycles. The Morgan fingerprint density at radius 1 is 1.11 bits per heavy atom. The first-order chi connectivity index (χ1) is 9.24. The van der Waals surface area contributed by atoms with Gasteiger partial charge in [0.15, 0.2) is 6.23 Å². The minimum absolute atomic E-state index is 0.575. The van der Waals surface area contributed by atoms with Crippen molar-refractivity contribution in [2.45, 2.75) is 6.23 Å². The van der Waals surface area contributed by atoms with Crippen LogP contribution in [0.4, 0.5) is 10.5 Å². The highest BCUT2D eigenvalue weighted by atomic mass is 16.5. The zero-order chi connectivity index (χ0) is 13.4. The molecule has 4 heteroatoms. The molecule has 3 rings (SSSR count). The molecule has 1 aliphatic heterocycles. The highest BCUT2D eigenvalue weighted by molar-refractivity contribution is 5.97. The van der Waals surface area contributed by atoms with Crippen LogP contribution >= 0.6 is 0 Å². The molecule has 0 aliphatic carbocycles. The summed E-state index contributed by atoms with van der Waals surface area (Å²) in [5.74, 6) is 0. The van der Waals surface area contributed by atoms with Crippen LogP contribution < -0.4 is 4.90 Å². The van der Waals surface area contributed by atoms with Gasteiger partial charge in [-0.15, -0.1) is 0 Å². The van der Waals surface area contributed by atoms with Crippen LogP contribution in [0.3, 0.4) is 0 Å². The van der Waals surface area contributed by atoms with Crippen molar-refractivity contribution in [2.24, 2.45) is 0 Å². The van der Waals surface area contributed by atoms with Crippen molar-refractivity contribution >= 4 is 11.8 Å². The molecule has 1 atom stereocenters. The second-order valence-electron chi connectivity index (χ2n) is 4.32. The summed E-state index contributed by atoms with van der Waals surface area (Å²) in [6, 6.07) is 15.0. The van der Waals surface area contributed by atoms with Crippen molar-refractivity contribution in [3.8, 4) is 11.1 Å². The van der Waals surface area contributed by atoms with Gasteiger partial charge in [-0.05, 0) is 11.6 Å². The van der Waals surface area contributed by atoms with Crippen LogP contribution in [0, 0.1) is 0 Å². The fourth-order valence-corrected chi connectivity index (χ4v) is 2.45. The third-order valence-electron chi connectivity index (χ3n) is 3.31. The van der Waals surface area contributed by atoms with Gasteiger partial charge in [-0.2, -0.15) is 0 Å². The summed E-state index contributed by atoms with van der Waals surface area (Å²) in [5.41, 5.74) is 3.20. The number of methoxy groups -OCH3 is 1. The molecule has 19 heavy (non-hydrogen) atoms. The molecule has 1 aliphatic rings. The van der Waals surface area contributed by atoms with Crippen LogP contribution in [-0.4, -0.2) is 18.3 Å². The third kappa shape index (κ3) is 1.69. The molecule has 0 spiro atoms. The fourth-order valence-electron chi connectivity index (χ4n) is 2.45. The van der Waals surface area contributed by atoms with E-state index in [4.69, 9.17) is 4.74 Å². The minimum atomic E-state index is -1.03. The summed E-state index contributed by atoms with van der Waals surface area (Å²) in [7, 11) is 1.30. The van der Waals surface area contributed by atoms with Gasteiger partial charge in [-0.25, -0.2) is 9.69 Å². The van der Waals surface area contributed by atoms with E-state index in [2.05, 4.69) is 0 Å². The summed E-state index contributed by atoms with van der Waals surface area (Å²) in [6.45, 7) is 0. The van der Waals surface area contributed by atoms with Gasteiger partial charge in [0.2, 0.25) is 0 Å². The van der Waals surface area contributed by atoms with E-state index in [0.29, 0.717) is 11.3 Å². The van der Waals surface area contributed by atoms with Crippen molar-refractivity contribution in [2.75, 3.05) is 12.0 Å². The standard InChI is InChI=1S/C15H13NO3/c1-19-15(18)16-13-9-5-4-7-11(13)10-6-2-3-8-12(10)14(16)17/h2-9,14,17H,1H3. The molecule has 0 aromatic heterocycles. The summed E-state index contributed by atoms with van der Waals surface area (Å²) in [4.78, 5) is 13.2. The number of benzene rings is 2. The van der Waals surface area contributed by atoms with Gasteiger partial charge in [0.05, 0.1) is 12.8 Å². The SMILES string of the molecule is COC(=O)N1c2ccccc2-c2ccccc2C1O.